The highest BCUT2D eigenvalue weighted by Gasteiger charge is 2.13. The molecule has 6 heteroatoms. The highest BCUT2D eigenvalue weighted by atomic mass is 19.2. The minimum atomic E-state index is -1.58. The summed E-state index contributed by atoms with van der Waals surface area (Å²) in [5.74, 6) is 3.35. The Morgan fingerprint density at radius 3 is 2.03 bits per heavy atom. The van der Waals surface area contributed by atoms with Crippen LogP contribution in [0.3, 0.4) is 0 Å². The van der Waals surface area contributed by atoms with E-state index in [1.54, 1.807) is 6.07 Å². The van der Waals surface area contributed by atoms with E-state index < -0.39 is 40.5 Å². The Bertz CT molecular complexity index is 1570. The molecule has 0 fully saturated rings. The summed E-state index contributed by atoms with van der Waals surface area (Å²) in [4.78, 5) is 0. The lowest BCUT2D eigenvalue weighted by Crippen LogP contribution is -1.94. The smallest absolute Gasteiger partial charge is 0.195 e. The number of hydrogen-bond acceptors (Lipinski definition) is 0. The van der Waals surface area contributed by atoms with Crippen molar-refractivity contribution in [3.63, 3.8) is 0 Å². The Kier molecular flexibility index (Phi) is 7.36. The monoisotopic (exact) mass is 492 g/mol. The molecule has 36 heavy (non-hydrogen) atoms. The van der Waals surface area contributed by atoms with Gasteiger partial charge in [-0.1, -0.05) is 49.2 Å². The van der Waals surface area contributed by atoms with Crippen molar-refractivity contribution < 1.29 is 26.3 Å². The lowest BCUT2D eigenvalue weighted by Gasteiger charge is -2.03. The first-order valence-electron chi connectivity index (χ1n) is 11.2. The van der Waals surface area contributed by atoms with Crippen molar-refractivity contribution >= 4 is 10.8 Å². The van der Waals surface area contributed by atoms with Gasteiger partial charge >= 0.3 is 0 Å². The maximum atomic E-state index is 14.6. The average molecular weight is 492 g/mol. The molecule has 0 amide bonds. The molecular weight excluding hydrogens is 474 g/mol. The Hall–Kier alpha value is -4.16. The highest BCUT2D eigenvalue weighted by molar-refractivity contribution is 5.84. The molecule has 0 aliphatic carbocycles. The van der Waals surface area contributed by atoms with Gasteiger partial charge in [0.15, 0.2) is 17.5 Å². The summed E-state index contributed by atoms with van der Waals surface area (Å²) in [6.07, 6.45) is 2.69. The summed E-state index contributed by atoms with van der Waals surface area (Å²) in [5.41, 5.74) is 0.665. The Morgan fingerprint density at radius 1 is 0.611 bits per heavy atom. The zero-order valence-electron chi connectivity index (χ0n) is 19.1. The molecule has 0 radical (unpaired) electrons. The van der Waals surface area contributed by atoms with E-state index in [1.165, 1.54) is 30.3 Å². The molecule has 0 aliphatic heterocycles. The zero-order valence-corrected chi connectivity index (χ0v) is 19.1. The molecule has 0 heterocycles. The molecule has 0 spiro atoms. The van der Waals surface area contributed by atoms with Crippen molar-refractivity contribution in [2.45, 2.75) is 26.2 Å². The lowest BCUT2D eigenvalue weighted by molar-refractivity contribution is 0.453. The molecule has 0 aliphatic rings. The second-order valence-electron chi connectivity index (χ2n) is 8.15. The first-order chi connectivity index (χ1) is 17.3. The molecular formula is C30H18F6. The van der Waals surface area contributed by atoms with Gasteiger partial charge < -0.3 is 0 Å². The number of fused-ring (bicyclic) bond motifs is 1. The minimum Gasteiger partial charge on any atom is -0.206 e. The largest absolute Gasteiger partial charge is 0.206 e. The summed E-state index contributed by atoms with van der Waals surface area (Å²) in [6, 6.07) is 11.3. The third kappa shape index (κ3) is 5.39. The van der Waals surface area contributed by atoms with Crippen LogP contribution in [0.5, 0.6) is 0 Å². The first-order valence-corrected chi connectivity index (χ1v) is 11.2. The number of halogens is 6. The molecule has 4 aromatic rings. The number of rotatable bonds is 3. The number of unbranched alkanes of at least 4 members (excludes halogenated alkanes) is 1. The predicted octanol–water partition coefficient (Wildman–Crippen LogP) is 7.82. The fraction of sp³-hybridized carbons (Fsp3) is 0.133. The Morgan fingerprint density at radius 2 is 1.33 bits per heavy atom. The van der Waals surface area contributed by atoms with Gasteiger partial charge in [-0.25, -0.2) is 26.3 Å². The minimum absolute atomic E-state index is 0.00342. The summed E-state index contributed by atoms with van der Waals surface area (Å²) in [7, 11) is 0. The number of benzene rings is 4. The maximum absolute atomic E-state index is 14.6. The summed E-state index contributed by atoms with van der Waals surface area (Å²) in [6.45, 7) is 2.04. The van der Waals surface area contributed by atoms with Crippen LogP contribution in [0.4, 0.5) is 26.3 Å². The van der Waals surface area contributed by atoms with E-state index in [0.717, 1.165) is 43.0 Å². The maximum Gasteiger partial charge on any atom is 0.195 e. The Balaban J connectivity index is 1.59. The zero-order chi connectivity index (χ0) is 25.8. The predicted molar refractivity (Wildman–Crippen MR) is 127 cm³/mol. The third-order valence-electron chi connectivity index (χ3n) is 5.54. The van der Waals surface area contributed by atoms with Crippen LogP contribution in [0.25, 0.3) is 10.8 Å². The van der Waals surface area contributed by atoms with Crippen molar-refractivity contribution in [2.75, 3.05) is 0 Å². The molecule has 4 rings (SSSR count). The molecule has 4 aromatic carbocycles. The van der Waals surface area contributed by atoms with E-state index in [-0.39, 0.29) is 27.5 Å². The molecule has 0 saturated carbocycles. The van der Waals surface area contributed by atoms with Crippen molar-refractivity contribution in [3.8, 4) is 23.7 Å². The quantitative estimate of drug-likeness (QED) is 0.155. The van der Waals surface area contributed by atoms with Gasteiger partial charge in [-0.2, -0.15) is 0 Å². The topological polar surface area (TPSA) is 0 Å². The molecule has 0 aromatic heterocycles. The van der Waals surface area contributed by atoms with Crippen LogP contribution in [-0.4, -0.2) is 0 Å². The fourth-order valence-electron chi connectivity index (χ4n) is 3.62. The van der Waals surface area contributed by atoms with Crippen LogP contribution in [0.2, 0.25) is 0 Å². The lowest BCUT2D eigenvalue weighted by atomic mass is 10.0. The second kappa shape index (κ2) is 10.6. The average Bonchev–Trinajstić information content (AvgIpc) is 2.85. The van der Waals surface area contributed by atoms with Crippen LogP contribution in [0, 0.1) is 58.6 Å². The van der Waals surface area contributed by atoms with E-state index in [9.17, 15) is 26.3 Å². The second-order valence-corrected chi connectivity index (χ2v) is 8.15. The number of aryl methyl sites for hydroxylation is 1. The van der Waals surface area contributed by atoms with Gasteiger partial charge in [-0.15, -0.1) is 0 Å². The normalized spacial score (nSPS) is 10.5. The summed E-state index contributed by atoms with van der Waals surface area (Å²) in [5, 5.41) is -0.0952. The molecule has 0 N–H and O–H groups in total. The van der Waals surface area contributed by atoms with E-state index in [1.807, 2.05) is 6.92 Å². The van der Waals surface area contributed by atoms with Crippen molar-refractivity contribution in [3.05, 3.63) is 117 Å². The van der Waals surface area contributed by atoms with E-state index in [2.05, 4.69) is 23.7 Å². The van der Waals surface area contributed by atoms with Gasteiger partial charge in [-0.05, 0) is 66.3 Å². The van der Waals surface area contributed by atoms with Crippen molar-refractivity contribution in [1.29, 1.82) is 0 Å². The van der Waals surface area contributed by atoms with Crippen LogP contribution in [-0.2, 0) is 6.42 Å². The molecule has 0 nitrogen and oxygen atoms in total. The van der Waals surface area contributed by atoms with Gasteiger partial charge in [0.1, 0.15) is 17.5 Å². The van der Waals surface area contributed by atoms with Crippen LogP contribution < -0.4 is 0 Å². The van der Waals surface area contributed by atoms with Crippen LogP contribution in [0.15, 0.2) is 54.6 Å². The van der Waals surface area contributed by atoms with Crippen molar-refractivity contribution in [1.82, 2.24) is 0 Å². The number of hydrogen-bond donors (Lipinski definition) is 0. The van der Waals surface area contributed by atoms with Gasteiger partial charge in [0.2, 0.25) is 0 Å². The molecule has 0 atom stereocenters. The Labute approximate surface area is 204 Å². The fourth-order valence-corrected chi connectivity index (χ4v) is 3.62. The molecule has 0 bridgehead atoms. The SMILES string of the molecule is CCCCc1ccc(C#Cc2cc(F)c(C#Cc3ccc4c(F)c(F)c(F)cc4c3)c(F)c2)c(F)c1. The van der Waals surface area contributed by atoms with Gasteiger partial charge in [-0.3, -0.25) is 0 Å². The van der Waals surface area contributed by atoms with Gasteiger partial charge in [0, 0.05) is 16.5 Å². The third-order valence-corrected chi connectivity index (χ3v) is 5.54. The summed E-state index contributed by atoms with van der Waals surface area (Å²) < 4.78 is 84.2. The van der Waals surface area contributed by atoms with E-state index in [4.69, 9.17) is 0 Å². The van der Waals surface area contributed by atoms with Crippen LogP contribution in [0.1, 0.15) is 47.6 Å². The van der Waals surface area contributed by atoms with Crippen LogP contribution >= 0.6 is 0 Å². The molecule has 0 unspecified atom stereocenters. The molecule has 0 saturated heterocycles. The van der Waals surface area contributed by atoms with Gasteiger partial charge in [0.05, 0.1) is 11.1 Å². The van der Waals surface area contributed by atoms with E-state index >= 15 is 0 Å². The summed E-state index contributed by atoms with van der Waals surface area (Å²) >= 11 is 0. The van der Waals surface area contributed by atoms with E-state index in [0.29, 0.717) is 0 Å². The van der Waals surface area contributed by atoms with Gasteiger partial charge in [0.25, 0.3) is 0 Å². The highest BCUT2D eigenvalue weighted by Crippen LogP contribution is 2.24. The van der Waals surface area contributed by atoms with Crippen molar-refractivity contribution in [2.24, 2.45) is 0 Å². The molecule has 180 valence electrons. The standard InChI is InChI=1S/C30H18F6/c1-2-3-4-18-5-9-21(25(31)14-18)10-6-20-15-26(32)24(27(33)16-20)12-8-19-7-11-23-22(13-19)17-28(34)30(36)29(23)35/h5,7,9,11,13-17H,2-4H2,1H3. The first kappa shape index (κ1) is 24.9.